The fourth-order valence-electron chi connectivity index (χ4n) is 3.32. The van der Waals surface area contributed by atoms with E-state index in [0.717, 1.165) is 6.54 Å². The van der Waals surface area contributed by atoms with Crippen LogP contribution in [0.4, 0.5) is 0 Å². The van der Waals surface area contributed by atoms with E-state index in [1.165, 1.54) is 30.7 Å². The highest BCUT2D eigenvalue weighted by Crippen LogP contribution is 2.55. The first kappa shape index (κ1) is 17.8. The van der Waals surface area contributed by atoms with E-state index in [1.807, 2.05) is 11.8 Å². The van der Waals surface area contributed by atoms with Crippen molar-refractivity contribution in [3.63, 3.8) is 0 Å². The van der Waals surface area contributed by atoms with Gasteiger partial charge in [-0.3, -0.25) is 4.90 Å². The van der Waals surface area contributed by atoms with E-state index in [2.05, 4.69) is 119 Å². The summed E-state index contributed by atoms with van der Waals surface area (Å²) in [7, 11) is 2.22. The number of benzene rings is 3. The molecule has 0 radical (unpaired) electrons. The standard InChI is InChI=1S/C23H20INS/c1-25(16-17-10-4-2-5-11-17)23-20-15-9-8-14-19(20)22(26-23)21(24)18-12-6-3-7-13-18/h2-15,23H,16H2,1H3/b22-21+. The second-order valence-corrected chi connectivity index (χ2v) is 8.64. The van der Waals surface area contributed by atoms with Crippen molar-refractivity contribution in [3.8, 4) is 0 Å². The van der Waals surface area contributed by atoms with Crippen LogP contribution >= 0.6 is 34.4 Å². The largest absolute Gasteiger partial charge is 0.286 e. The highest BCUT2D eigenvalue weighted by atomic mass is 127. The van der Waals surface area contributed by atoms with Crippen LogP contribution in [-0.4, -0.2) is 11.9 Å². The summed E-state index contributed by atoms with van der Waals surface area (Å²) in [6.07, 6.45) is 0. The minimum Gasteiger partial charge on any atom is -0.286 e. The van der Waals surface area contributed by atoms with Gasteiger partial charge in [-0.25, -0.2) is 0 Å². The molecule has 0 aliphatic carbocycles. The lowest BCUT2D eigenvalue weighted by atomic mass is 10.0. The van der Waals surface area contributed by atoms with Crippen molar-refractivity contribution in [2.45, 2.75) is 11.9 Å². The van der Waals surface area contributed by atoms with Crippen LogP contribution in [-0.2, 0) is 6.54 Å². The minimum atomic E-state index is 0.342. The summed E-state index contributed by atoms with van der Waals surface area (Å²) in [5, 5.41) is 0.342. The number of rotatable bonds is 4. The van der Waals surface area contributed by atoms with Gasteiger partial charge in [0.2, 0.25) is 0 Å². The molecule has 0 N–H and O–H groups in total. The van der Waals surface area contributed by atoms with Crippen molar-refractivity contribution in [2.24, 2.45) is 0 Å². The molecule has 26 heavy (non-hydrogen) atoms. The van der Waals surface area contributed by atoms with E-state index in [1.54, 1.807) is 0 Å². The van der Waals surface area contributed by atoms with E-state index >= 15 is 0 Å². The van der Waals surface area contributed by atoms with E-state index in [4.69, 9.17) is 0 Å². The monoisotopic (exact) mass is 469 g/mol. The fourth-order valence-corrected chi connectivity index (χ4v) is 5.70. The number of fused-ring (bicyclic) bond motifs is 1. The van der Waals surface area contributed by atoms with Gasteiger partial charge in [0.15, 0.2) is 0 Å². The van der Waals surface area contributed by atoms with Gasteiger partial charge in [-0.15, -0.1) is 11.8 Å². The lowest BCUT2D eigenvalue weighted by Crippen LogP contribution is -2.20. The Kier molecular flexibility index (Phi) is 5.48. The summed E-state index contributed by atoms with van der Waals surface area (Å²) >= 11 is 4.47. The molecule has 0 bridgehead atoms. The maximum absolute atomic E-state index is 2.50. The Bertz CT molecular complexity index is 921. The topological polar surface area (TPSA) is 3.24 Å². The molecule has 1 atom stereocenters. The molecule has 0 spiro atoms. The zero-order valence-corrected chi connectivity index (χ0v) is 17.6. The number of hydrogen-bond acceptors (Lipinski definition) is 2. The van der Waals surface area contributed by atoms with E-state index in [-0.39, 0.29) is 0 Å². The average molecular weight is 469 g/mol. The molecule has 3 aromatic carbocycles. The summed E-state index contributed by atoms with van der Waals surface area (Å²) in [5.74, 6) is 0. The van der Waals surface area contributed by atoms with Crippen LogP contribution in [0.3, 0.4) is 0 Å². The van der Waals surface area contributed by atoms with Crippen molar-refractivity contribution >= 4 is 42.8 Å². The Morgan fingerprint density at radius 1 is 0.885 bits per heavy atom. The zero-order chi connectivity index (χ0) is 17.9. The Hall–Kier alpha value is -1.56. The summed E-state index contributed by atoms with van der Waals surface area (Å²) in [6, 6.07) is 30.2. The predicted molar refractivity (Wildman–Crippen MR) is 122 cm³/mol. The molecule has 0 fully saturated rings. The van der Waals surface area contributed by atoms with Crippen molar-refractivity contribution in [1.29, 1.82) is 0 Å². The summed E-state index contributed by atoms with van der Waals surface area (Å²) in [6.45, 7) is 0.946. The lowest BCUT2D eigenvalue weighted by molar-refractivity contribution is 0.312. The molecule has 1 nitrogen and oxygen atoms in total. The molecule has 3 heteroatoms. The fraction of sp³-hybridized carbons (Fsp3) is 0.130. The van der Waals surface area contributed by atoms with Gasteiger partial charge in [0.1, 0.15) is 0 Å². The number of nitrogens with zero attached hydrogens (tertiary/aromatic N) is 1. The van der Waals surface area contributed by atoms with Gasteiger partial charge in [-0.2, -0.15) is 0 Å². The van der Waals surface area contributed by atoms with Crippen LogP contribution in [0, 0.1) is 0 Å². The summed E-state index contributed by atoms with van der Waals surface area (Å²) in [5.41, 5.74) is 5.42. The summed E-state index contributed by atoms with van der Waals surface area (Å²) in [4.78, 5) is 3.83. The maximum Gasteiger partial charge on any atom is 0.0868 e. The Labute approximate surface area is 173 Å². The Balaban J connectivity index is 1.69. The normalized spacial score (nSPS) is 18.0. The Morgan fingerprint density at radius 3 is 2.23 bits per heavy atom. The van der Waals surface area contributed by atoms with Crippen molar-refractivity contribution in [3.05, 3.63) is 107 Å². The van der Waals surface area contributed by atoms with E-state index < -0.39 is 0 Å². The third-order valence-electron chi connectivity index (χ3n) is 4.60. The van der Waals surface area contributed by atoms with Gasteiger partial charge in [-0.05, 0) is 51.9 Å². The molecule has 3 aromatic rings. The maximum atomic E-state index is 2.50. The highest BCUT2D eigenvalue weighted by Gasteiger charge is 2.31. The lowest BCUT2D eigenvalue weighted by Gasteiger charge is -2.24. The number of halogens is 1. The van der Waals surface area contributed by atoms with Crippen LogP contribution in [0.1, 0.15) is 27.6 Å². The van der Waals surface area contributed by atoms with Gasteiger partial charge in [0, 0.05) is 15.0 Å². The second kappa shape index (κ2) is 7.99. The SMILES string of the molecule is CN(Cc1ccccc1)C1S/C(=C(/I)c2ccccc2)c2ccccc21. The van der Waals surface area contributed by atoms with Crippen molar-refractivity contribution < 1.29 is 0 Å². The second-order valence-electron chi connectivity index (χ2n) is 6.47. The predicted octanol–water partition coefficient (Wildman–Crippen LogP) is 6.82. The molecule has 1 heterocycles. The van der Waals surface area contributed by atoms with Crippen molar-refractivity contribution in [2.75, 3.05) is 7.05 Å². The Morgan fingerprint density at radius 2 is 1.50 bits per heavy atom. The smallest absolute Gasteiger partial charge is 0.0868 e. The molecular weight excluding hydrogens is 449 g/mol. The van der Waals surface area contributed by atoms with Gasteiger partial charge in [-0.1, -0.05) is 84.9 Å². The van der Waals surface area contributed by atoms with Crippen LogP contribution < -0.4 is 0 Å². The third kappa shape index (κ3) is 3.61. The van der Waals surface area contributed by atoms with Gasteiger partial charge in [0.05, 0.1) is 5.37 Å². The molecule has 0 amide bonds. The quantitative estimate of drug-likeness (QED) is 0.386. The number of thioether (sulfide) groups is 1. The first-order valence-corrected chi connectivity index (χ1v) is 10.6. The molecule has 0 saturated heterocycles. The summed E-state index contributed by atoms with van der Waals surface area (Å²) < 4.78 is 1.33. The van der Waals surface area contributed by atoms with Crippen LogP contribution in [0.2, 0.25) is 0 Å². The average Bonchev–Trinajstić information content (AvgIpc) is 3.09. The molecule has 1 unspecified atom stereocenters. The molecule has 4 rings (SSSR count). The van der Waals surface area contributed by atoms with Gasteiger partial charge >= 0.3 is 0 Å². The van der Waals surface area contributed by atoms with E-state index in [9.17, 15) is 0 Å². The molecule has 0 saturated carbocycles. The molecular formula is C23H20INS. The van der Waals surface area contributed by atoms with Crippen LogP contribution in [0.5, 0.6) is 0 Å². The van der Waals surface area contributed by atoms with Crippen molar-refractivity contribution in [1.82, 2.24) is 4.90 Å². The first-order valence-electron chi connectivity index (χ1n) is 8.69. The molecule has 1 aliphatic heterocycles. The van der Waals surface area contributed by atoms with E-state index in [0.29, 0.717) is 5.37 Å². The molecule has 0 aromatic heterocycles. The van der Waals surface area contributed by atoms with Gasteiger partial charge in [0.25, 0.3) is 0 Å². The third-order valence-corrected chi connectivity index (χ3v) is 7.63. The highest BCUT2D eigenvalue weighted by molar-refractivity contribution is 14.1. The molecule has 1 aliphatic rings. The number of hydrogen-bond donors (Lipinski definition) is 0. The van der Waals surface area contributed by atoms with Crippen LogP contribution in [0.15, 0.2) is 84.9 Å². The van der Waals surface area contributed by atoms with Crippen LogP contribution in [0.25, 0.3) is 8.48 Å². The zero-order valence-electron chi connectivity index (χ0n) is 14.6. The van der Waals surface area contributed by atoms with Gasteiger partial charge < -0.3 is 0 Å². The minimum absolute atomic E-state index is 0.342. The first-order chi connectivity index (χ1) is 12.7. The molecule has 130 valence electrons.